The third-order valence-corrected chi connectivity index (χ3v) is 4.76. The molecule has 1 aromatic heterocycles. The molecule has 0 bridgehead atoms. The second-order valence-corrected chi connectivity index (χ2v) is 7.45. The molecule has 0 aliphatic carbocycles. The third kappa shape index (κ3) is 3.73. The van der Waals surface area contributed by atoms with E-state index in [1.165, 1.54) is 0 Å². The number of rotatable bonds is 6. The molecule has 5 nitrogen and oxygen atoms in total. The van der Waals surface area contributed by atoms with Gasteiger partial charge in [0.1, 0.15) is 5.75 Å². The van der Waals surface area contributed by atoms with Crippen molar-refractivity contribution >= 4 is 5.91 Å². The zero-order chi connectivity index (χ0) is 18.8. The average Bonchev–Trinajstić information content (AvgIpc) is 2.87. The van der Waals surface area contributed by atoms with Crippen LogP contribution in [0.1, 0.15) is 41.9 Å². The van der Waals surface area contributed by atoms with Gasteiger partial charge >= 0.3 is 0 Å². The van der Waals surface area contributed by atoms with Gasteiger partial charge in [0, 0.05) is 19.3 Å². The molecular formula is C21H27N3O2. The first-order valence-electron chi connectivity index (χ1n) is 9.09. The number of nitrogens with zero attached hydrogens (tertiary/aromatic N) is 2. The summed E-state index contributed by atoms with van der Waals surface area (Å²) in [6, 6.07) is 8.17. The molecule has 3 rings (SSSR count). The molecular weight excluding hydrogens is 326 g/mol. The first kappa shape index (κ1) is 18.4. The predicted molar refractivity (Wildman–Crippen MR) is 103 cm³/mol. The number of hydrogen-bond acceptors (Lipinski definition) is 4. The van der Waals surface area contributed by atoms with Crippen molar-refractivity contribution in [3.63, 3.8) is 0 Å². The predicted octanol–water partition coefficient (Wildman–Crippen LogP) is 3.39. The second-order valence-electron chi connectivity index (χ2n) is 7.45. The highest BCUT2D eigenvalue weighted by Gasteiger charge is 2.28. The van der Waals surface area contributed by atoms with E-state index in [0.717, 1.165) is 34.6 Å². The Morgan fingerprint density at radius 1 is 1.31 bits per heavy atom. The van der Waals surface area contributed by atoms with Crippen LogP contribution in [-0.2, 0) is 6.54 Å². The molecule has 1 aromatic carbocycles. The Labute approximate surface area is 155 Å². The minimum absolute atomic E-state index is 0.0332. The molecule has 138 valence electrons. The maximum absolute atomic E-state index is 12.5. The summed E-state index contributed by atoms with van der Waals surface area (Å²) in [5.74, 6) is 1.32. The molecule has 2 heterocycles. The van der Waals surface area contributed by atoms with Gasteiger partial charge in [-0.15, -0.1) is 0 Å². The summed E-state index contributed by atoms with van der Waals surface area (Å²) in [6.45, 7) is 7.41. The number of carbonyl (C=O) groups is 1. The van der Waals surface area contributed by atoms with Gasteiger partial charge in [0.25, 0.3) is 5.91 Å². The summed E-state index contributed by atoms with van der Waals surface area (Å²) < 4.78 is 5.98. The van der Waals surface area contributed by atoms with Gasteiger partial charge in [-0.3, -0.25) is 9.78 Å². The summed E-state index contributed by atoms with van der Waals surface area (Å²) in [7, 11) is 1.80. The molecule has 1 amide bonds. The minimum atomic E-state index is 0.0332. The maximum Gasteiger partial charge on any atom is 0.256 e. The molecule has 2 atom stereocenters. The molecule has 1 aliphatic rings. The number of fused-ring (bicyclic) bond motifs is 1. The molecule has 5 heteroatoms. The van der Waals surface area contributed by atoms with Crippen molar-refractivity contribution in [2.75, 3.05) is 13.7 Å². The quantitative estimate of drug-likeness (QED) is 0.864. The molecule has 0 fully saturated rings. The summed E-state index contributed by atoms with van der Waals surface area (Å²) in [6.07, 6.45) is 2.71. The van der Waals surface area contributed by atoms with Crippen LogP contribution in [0.2, 0.25) is 0 Å². The topological polar surface area (TPSA) is 68.5 Å². The fraction of sp³-hybridized carbons (Fsp3) is 0.429. The number of aryl methyl sites for hydroxylation is 1. The lowest BCUT2D eigenvalue weighted by molar-refractivity contribution is 0.0817. The number of pyridine rings is 1. The van der Waals surface area contributed by atoms with E-state index in [0.29, 0.717) is 24.6 Å². The standard InChI is InChI=1S/C21H27N3O2/c1-13(9-15(3)22)12-26-19-6-5-16(10-14(19)2)17-7-8-23-18-11-24(4)21(25)20(17)18/h5-8,10,13,15H,9,11-12,22H2,1-4H3. The number of aromatic nitrogens is 1. The highest BCUT2D eigenvalue weighted by molar-refractivity contribution is 6.03. The molecule has 26 heavy (non-hydrogen) atoms. The highest BCUT2D eigenvalue weighted by Crippen LogP contribution is 2.33. The Kier molecular flexibility index (Phi) is 5.28. The molecule has 0 radical (unpaired) electrons. The van der Waals surface area contributed by atoms with E-state index in [4.69, 9.17) is 10.5 Å². The van der Waals surface area contributed by atoms with E-state index in [-0.39, 0.29) is 11.9 Å². The third-order valence-electron chi connectivity index (χ3n) is 4.76. The van der Waals surface area contributed by atoms with E-state index in [1.807, 2.05) is 32.0 Å². The van der Waals surface area contributed by atoms with Crippen molar-refractivity contribution in [1.29, 1.82) is 0 Å². The van der Waals surface area contributed by atoms with Gasteiger partial charge in [-0.2, -0.15) is 0 Å². The van der Waals surface area contributed by atoms with Crippen LogP contribution in [0.25, 0.3) is 11.1 Å². The van der Waals surface area contributed by atoms with Crippen LogP contribution in [0, 0.1) is 12.8 Å². The molecule has 2 N–H and O–H groups in total. The largest absolute Gasteiger partial charge is 0.493 e. The lowest BCUT2D eigenvalue weighted by Crippen LogP contribution is -2.21. The van der Waals surface area contributed by atoms with Gasteiger partial charge in [-0.25, -0.2) is 0 Å². The van der Waals surface area contributed by atoms with Crippen molar-refractivity contribution < 1.29 is 9.53 Å². The van der Waals surface area contributed by atoms with E-state index in [9.17, 15) is 4.79 Å². The molecule has 0 spiro atoms. The van der Waals surface area contributed by atoms with E-state index < -0.39 is 0 Å². The second kappa shape index (κ2) is 7.46. The van der Waals surface area contributed by atoms with Gasteiger partial charge in [0.2, 0.25) is 0 Å². The lowest BCUT2D eigenvalue weighted by Gasteiger charge is -2.17. The molecule has 0 saturated heterocycles. The minimum Gasteiger partial charge on any atom is -0.493 e. The fourth-order valence-corrected chi connectivity index (χ4v) is 3.51. The Balaban J connectivity index is 1.81. The van der Waals surface area contributed by atoms with Crippen molar-refractivity contribution in [2.24, 2.45) is 11.7 Å². The first-order chi connectivity index (χ1) is 12.4. The molecule has 2 unspecified atom stereocenters. The lowest BCUT2D eigenvalue weighted by atomic mass is 9.98. The van der Waals surface area contributed by atoms with Gasteiger partial charge in [-0.1, -0.05) is 13.0 Å². The van der Waals surface area contributed by atoms with Crippen LogP contribution < -0.4 is 10.5 Å². The zero-order valence-corrected chi connectivity index (χ0v) is 16.0. The Morgan fingerprint density at radius 2 is 2.08 bits per heavy atom. The Bertz CT molecular complexity index is 817. The van der Waals surface area contributed by atoms with Crippen molar-refractivity contribution in [3.05, 3.63) is 47.3 Å². The van der Waals surface area contributed by atoms with Crippen LogP contribution in [-0.4, -0.2) is 35.5 Å². The van der Waals surface area contributed by atoms with Crippen molar-refractivity contribution in [1.82, 2.24) is 9.88 Å². The van der Waals surface area contributed by atoms with E-state index in [2.05, 4.69) is 18.0 Å². The summed E-state index contributed by atoms with van der Waals surface area (Å²) >= 11 is 0. The Hall–Kier alpha value is -2.40. The summed E-state index contributed by atoms with van der Waals surface area (Å²) in [5.41, 5.74) is 10.4. The van der Waals surface area contributed by atoms with E-state index in [1.54, 1.807) is 18.1 Å². The van der Waals surface area contributed by atoms with Gasteiger partial charge < -0.3 is 15.4 Å². The first-order valence-corrected chi connectivity index (χ1v) is 9.09. The van der Waals surface area contributed by atoms with Crippen molar-refractivity contribution in [2.45, 2.75) is 39.8 Å². The van der Waals surface area contributed by atoms with Gasteiger partial charge in [-0.05, 0) is 61.1 Å². The normalized spacial score (nSPS) is 15.7. The number of benzene rings is 1. The van der Waals surface area contributed by atoms with Gasteiger partial charge in [0.15, 0.2) is 0 Å². The summed E-state index contributed by atoms with van der Waals surface area (Å²) in [4.78, 5) is 18.5. The highest BCUT2D eigenvalue weighted by atomic mass is 16.5. The molecule has 2 aromatic rings. The van der Waals surface area contributed by atoms with Crippen LogP contribution in [0.15, 0.2) is 30.5 Å². The molecule has 1 aliphatic heterocycles. The summed E-state index contributed by atoms with van der Waals surface area (Å²) in [5, 5.41) is 0. The van der Waals surface area contributed by atoms with Crippen molar-refractivity contribution in [3.8, 4) is 16.9 Å². The SMILES string of the molecule is Cc1cc(-c2ccnc3c2C(=O)N(C)C3)ccc1OCC(C)CC(C)N. The monoisotopic (exact) mass is 353 g/mol. The van der Waals surface area contributed by atoms with Gasteiger partial charge in [0.05, 0.1) is 24.4 Å². The van der Waals surface area contributed by atoms with Crippen LogP contribution >= 0.6 is 0 Å². The van der Waals surface area contributed by atoms with Crippen LogP contribution in [0.5, 0.6) is 5.75 Å². The smallest absolute Gasteiger partial charge is 0.256 e. The maximum atomic E-state index is 12.5. The number of nitrogens with two attached hydrogens (primary N) is 1. The zero-order valence-electron chi connectivity index (χ0n) is 16.0. The molecule has 0 saturated carbocycles. The van der Waals surface area contributed by atoms with Crippen LogP contribution in [0.3, 0.4) is 0 Å². The fourth-order valence-electron chi connectivity index (χ4n) is 3.51. The average molecular weight is 353 g/mol. The Morgan fingerprint density at radius 3 is 2.77 bits per heavy atom. The number of amides is 1. The van der Waals surface area contributed by atoms with Crippen LogP contribution in [0.4, 0.5) is 0 Å². The number of carbonyl (C=O) groups excluding carboxylic acids is 1. The number of hydrogen-bond donors (Lipinski definition) is 1. The number of ether oxygens (including phenoxy) is 1. The van der Waals surface area contributed by atoms with E-state index >= 15 is 0 Å².